The molecule has 0 aliphatic carbocycles. The maximum absolute atomic E-state index is 12.6. The largest absolute Gasteiger partial charge is 0.476 e. The zero-order valence-corrected chi connectivity index (χ0v) is 14.5. The Labute approximate surface area is 150 Å². The van der Waals surface area contributed by atoms with Crippen LogP contribution in [0.15, 0.2) is 47.6 Å². The summed E-state index contributed by atoms with van der Waals surface area (Å²) >= 11 is 0. The Kier molecular flexibility index (Phi) is 4.96. The molecule has 0 spiro atoms. The molecule has 0 atom stereocenters. The van der Waals surface area contributed by atoms with Crippen molar-refractivity contribution >= 4 is 21.9 Å². The van der Waals surface area contributed by atoms with Gasteiger partial charge in [0.1, 0.15) is 5.69 Å². The van der Waals surface area contributed by atoms with Gasteiger partial charge in [0.2, 0.25) is 10.0 Å². The van der Waals surface area contributed by atoms with Gasteiger partial charge in [0.25, 0.3) is 5.91 Å². The molecule has 1 saturated heterocycles. The molecule has 1 N–H and O–H groups in total. The summed E-state index contributed by atoms with van der Waals surface area (Å²) in [6.45, 7) is 0.772. The van der Waals surface area contributed by atoms with Gasteiger partial charge in [0, 0.05) is 26.2 Å². The number of carboxylic acids is 1. The molecule has 0 bridgehead atoms. The van der Waals surface area contributed by atoms with Crippen LogP contribution in [0.2, 0.25) is 0 Å². The van der Waals surface area contributed by atoms with E-state index < -0.39 is 21.9 Å². The molecular weight excluding hydrogens is 360 g/mol. The number of hydrogen-bond acceptors (Lipinski definition) is 6. The Balaban J connectivity index is 1.66. The van der Waals surface area contributed by atoms with Crippen molar-refractivity contribution in [2.24, 2.45) is 0 Å². The summed E-state index contributed by atoms with van der Waals surface area (Å²) in [5.41, 5.74) is -0.227. The smallest absolute Gasteiger partial charge is 0.356 e. The number of rotatable bonds is 4. The lowest BCUT2D eigenvalue weighted by molar-refractivity contribution is 0.0674. The molecule has 2 aromatic rings. The molecule has 0 unspecified atom stereocenters. The Morgan fingerprint density at radius 3 is 2.04 bits per heavy atom. The van der Waals surface area contributed by atoms with Crippen LogP contribution in [0.25, 0.3) is 0 Å². The van der Waals surface area contributed by atoms with E-state index in [1.807, 2.05) is 0 Å². The maximum atomic E-state index is 12.6. The number of carbonyl (C=O) groups is 2. The van der Waals surface area contributed by atoms with E-state index in [0.717, 1.165) is 12.4 Å². The predicted octanol–water partition coefficient (Wildman–Crippen LogP) is 0.321. The van der Waals surface area contributed by atoms with E-state index in [0.29, 0.717) is 0 Å². The molecule has 10 heteroatoms. The van der Waals surface area contributed by atoms with Crippen molar-refractivity contribution in [1.82, 2.24) is 19.2 Å². The molecule has 1 aliphatic rings. The normalized spacial score (nSPS) is 15.6. The third-order valence-electron chi connectivity index (χ3n) is 4.00. The molecular formula is C16H16N4O5S. The number of piperazine rings is 1. The number of aromatic carboxylic acids is 1. The average molecular weight is 376 g/mol. The fourth-order valence-corrected chi connectivity index (χ4v) is 4.03. The van der Waals surface area contributed by atoms with Crippen LogP contribution in [0.1, 0.15) is 21.0 Å². The van der Waals surface area contributed by atoms with Gasteiger partial charge in [0.05, 0.1) is 17.3 Å². The lowest BCUT2D eigenvalue weighted by atomic mass is 10.3. The van der Waals surface area contributed by atoms with Crippen molar-refractivity contribution in [3.63, 3.8) is 0 Å². The van der Waals surface area contributed by atoms with Gasteiger partial charge in [-0.1, -0.05) is 18.2 Å². The highest BCUT2D eigenvalue weighted by molar-refractivity contribution is 7.89. The van der Waals surface area contributed by atoms with Crippen molar-refractivity contribution in [2.75, 3.05) is 26.2 Å². The highest BCUT2D eigenvalue weighted by Gasteiger charge is 2.30. The standard InChI is InChI=1S/C16H16N4O5S/c21-15(13-10-18-14(11-17-13)16(22)23)19-6-8-20(9-7-19)26(24,25)12-4-2-1-3-5-12/h1-5,10-11H,6-9H2,(H,22,23). The molecule has 2 heterocycles. The molecule has 1 amide bonds. The quantitative estimate of drug-likeness (QED) is 0.816. The minimum Gasteiger partial charge on any atom is -0.476 e. The highest BCUT2D eigenvalue weighted by atomic mass is 32.2. The summed E-state index contributed by atoms with van der Waals surface area (Å²) in [5, 5.41) is 8.80. The summed E-state index contributed by atoms with van der Waals surface area (Å²) in [5.74, 6) is -1.64. The van der Waals surface area contributed by atoms with Gasteiger partial charge in [-0.25, -0.2) is 23.2 Å². The number of carbonyl (C=O) groups excluding carboxylic acids is 1. The van der Waals surface area contributed by atoms with Crippen LogP contribution < -0.4 is 0 Å². The summed E-state index contributed by atoms with van der Waals surface area (Å²) in [6, 6.07) is 8.13. The van der Waals surface area contributed by atoms with Gasteiger partial charge in [-0.2, -0.15) is 4.31 Å². The fourth-order valence-electron chi connectivity index (χ4n) is 2.58. The Morgan fingerprint density at radius 2 is 1.50 bits per heavy atom. The second-order valence-corrected chi connectivity index (χ2v) is 7.54. The SMILES string of the molecule is O=C(O)c1cnc(C(=O)N2CCN(S(=O)(=O)c3ccccc3)CC2)cn1. The van der Waals surface area contributed by atoms with Crippen LogP contribution >= 0.6 is 0 Å². The first-order valence-corrected chi connectivity index (χ1v) is 9.23. The van der Waals surface area contributed by atoms with Crippen LogP contribution in [0, 0.1) is 0 Å². The van der Waals surface area contributed by atoms with E-state index in [2.05, 4.69) is 9.97 Å². The number of sulfonamides is 1. The zero-order chi connectivity index (χ0) is 18.7. The Bertz CT molecular complexity index is 907. The molecule has 1 aromatic heterocycles. The first-order chi connectivity index (χ1) is 12.4. The van der Waals surface area contributed by atoms with E-state index in [4.69, 9.17) is 5.11 Å². The Hall–Kier alpha value is -2.85. The second-order valence-electron chi connectivity index (χ2n) is 5.60. The topological polar surface area (TPSA) is 121 Å². The van der Waals surface area contributed by atoms with Crippen molar-refractivity contribution in [2.45, 2.75) is 4.90 Å². The van der Waals surface area contributed by atoms with E-state index in [1.165, 1.54) is 21.3 Å². The number of amides is 1. The third-order valence-corrected chi connectivity index (χ3v) is 5.91. The number of aromatic nitrogens is 2. The fraction of sp³-hybridized carbons (Fsp3) is 0.250. The Morgan fingerprint density at radius 1 is 0.923 bits per heavy atom. The molecule has 26 heavy (non-hydrogen) atoms. The van der Waals surface area contributed by atoms with Gasteiger partial charge in [-0.05, 0) is 12.1 Å². The maximum Gasteiger partial charge on any atom is 0.356 e. The number of nitrogens with zero attached hydrogens (tertiary/aromatic N) is 4. The highest BCUT2D eigenvalue weighted by Crippen LogP contribution is 2.17. The number of carboxylic acid groups (broad SMARTS) is 1. The van der Waals surface area contributed by atoms with Crippen LogP contribution in [-0.4, -0.2) is 70.8 Å². The van der Waals surface area contributed by atoms with Gasteiger partial charge < -0.3 is 10.0 Å². The molecule has 0 radical (unpaired) electrons. The van der Waals surface area contributed by atoms with Crippen molar-refractivity contribution < 1.29 is 23.1 Å². The lowest BCUT2D eigenvalue weighted by Gasteiger charge is -2.33. The summed E-state index contributed by atoms with van der Waals surface area (Å²) in [4.78, 5) is 32.4. The van der Waals surface area contributed by atoms with E-state index in [9.17, 15) is 18.0 Å². The van der Waals surface area contributed by atoms with Crippen molar-refractivity contribution in [3.05, 3.63) is 54.1 Å². The van der Waals surface area contributed by atoms with Crippen LogP contribution in [0.5, 0.6) is 0 Å². The first kappa shape index (κ1) is 18.0. The minimum absolute atomic E-state index is 0.0226. The zero-order valence-electron chi connectivity index (χ0n) is 13.6. The molecule has 1 aromatic carbocycles. The second kappa shape index (κ2) is 7.18. The van der Waals surface area contributed by atoms with Crippen LogP contribution in [0.4, 0.5) is 0 Å². The van der Waals surface area contributed by atoms with Crippen LogP contribution in [-0.2, 0) is 10.0 Å². The van der Waals surface area contributed by atoms with E-state index >= 15 is 0 Å². The van der Waals surface area contributed by atoms with Gasteiger partial charge in [-0.15, -0.1) is 0 Å². The lowest BCUT2D eigenvalue weighted by Crippen LogP contribution is -2.50. The van der Waals surface area contributed by atoms with Gasteiger partial charge in [-0.3, -0.25) is 4.79 Å². The molecule has 1 fully saturated rings. The van der Waals surface area contributed by atoms with Crippen LogP contribution in [0.3, 0.4) is 0 Å². The van der Waals surface area contributed by atoms with Crippen molar-refractivity contribution in [3.8, 4) is 0 Å². The number of benzene rings is 1. The average Bonchev–Trinajstić information content (AvgIpc) is 2.68. The van der Waals surface area contributed by atoms with E-state index in [-0.39, 0.29) is 42.5 Å². The van der Waals surface area contributed by atoms with Crippen molar-refractivity contribution in [1.29, 1.82) is 0 Å². The van der Waals surface area contributed by atoms with E-state index in [1.54, 1.807) is 18.2 Å². The monoisotopic (exact) mass is 376 g/mol. The summed E-state index contributed by atoms with van der Waals surface area (Å²) < 4.78 is 26.5. The molecule has 136 valence electrons. The predicted molar refractivity (Wildman–Crippen MR) is 90.1 cm³/mol. The number of hydrogen-bond donors (Lipinski definition) is 1. The van der Waals surface area contributed by atoms with Gasteiger partial charge >= 0.3 is 5.97 Å². The molecule has 1 aliphatic heterocycles. The summed E-state index contributed by atoms with van der Waals surface area (Å²) in [6.07, 6.45) is 2.13. The third kappa shape index (κ3) is 3.55. The summed E-state index contributed by atoms with van der Waals surface area (Å²) in [7, 11) is -3.59. The first-order valence-electron chi connectivity index (χ1n) is 7.79. The molecule has 9 nitrogen and oxygen atoms in total. The minimum atomic E-state index is -3.59. The molecule has 3 rings (SSSR count). The van der Waals surface area contributed by atoms with Gasteiger partial charge in [0.15, 0.2) is 5.69 Å². The molecule has 0 saturated carbocycles.